The lowest BCUT2D eigenvalue weighted by molar-refractivity contribution is -0.145. The third-order valence-corrected chi connectivity index (χ3v) is 3.52. The molecule has 1 atom stereocenters. The zero-order valence-corrected chi connectivity index (χ0v) is 13.7. The van der Waals surface area contributed by atoms with Gasteiger partial charge in [0.05, 0.1) is 12.2 Å². The number of carboxylic acid groups (broad SMARTS) is 1. The van der Waals surface area contributed by atoms with Gasteiger partial charge in [-0.3, -0.25) is 14.7 Å². The Kier molecular flexibility index (Phi) is 5.20. The Labute approximate surface area is 135 Å². The molecule has 0 aromatic carbocycles. The van der Waals surface area contributed by atoms with Gasteiger partial charge in [-0.15, -0.1) is 0 Å². The monoisotopic (exact) mass is 321 g/mol. The number of rotatable bonds is 3. The van der Waals surface area contributed by atoms with Crippen LogP contribution in [0, 0.1) is 0 Å². The predicted octanol–water partition coefficient (Wildman–Crippen LogP) is 1.59. The molecular formula is C16H23N3O4. The van der Waals surface area contributed by atoms with Crippen LogP contribution in [0.3, 0.4) is 0 Å². The maximum atomic E-state index is 12.1. The molecule has 126 valence electrons. The highest BCUT2D eigenvalue weighted by Crippen LogP contribution is 2.17. The highest BCUT2D eigenvalue weighted by atomic mass is 16.6. The minimum atomic E-state index is -0.950. The second-order valence-corrected chi connectivity index (χ2v) is 6.57. The van der Waals surface area contributed by atoms with Crippen LogP contribution in [0.4, 0.5) is 4.79 Å². The summed E-state index contributed by atoms with van der Waals surface area (Å²) >= 11 is 0. The number of hydrogen-bond acceptors (Lipinski definition) is 5. The van der Waals surface area contributed by atoms with Gasteiger partial charge in [0.15, 0.2) is 0 Å². The highest BCUT2D eigenvalue weighted by molar-refractivity contribution is 5.76. The Balaban J connectivity index is 2.03. The summed E-state index contributed by atoms with van der Waals surface area (Å²) in [6, 6.07) is 4.78. The Morgan fingerprint density at radius 3 is 2.65 bits per heavy atom. The van der Waals surface area contributed by atoms with Crippen molar-refractivity contribution in [2.75, 3.05) is 19.6 Å². The van der Waals surface area contributed by atoms with E-state index in [1.54, 1.807) is 27.0 Å². The number of pyridine rings is 1. The van der Waals surface area contributed by atoms with Crippen molar-refractivity contribution in [3.8, 4) is 0 Å². The minimum Gasteiger partial charge on any atom is -0.480 e. The predicted molar refractivity (Wildman–Crippen MR) is 83.9 cm³/mol. The third kappa shape index (κ3) is 4.92. The maximum Gasteiger partial charge on any atom is 0.410 e. The zero-order chi connectivity index (χ0) is 17.0. The summed E-state index contributed by atoms with van der Waals surface area (Å²) in [6.07, 6.45) is 1.21. The zero-order valence-electron chi connectivity index (χ0n) is 13.7. The first-order chi connectivity index (χ1) is 10.8. The molecule has 0 bridgehead atoms. The molecule has 1 aromatic rings. The molecule has 7 heteroatoms. The van der Waals surface area contributed by atoms with Crippen molar-refractivity contribution in [1.82, 2.24) is 14.8 Å². The van der Waals surface area contributed by atoms with Crippen LogP contribution in [-0.2, 0) is 16.1 Å². The molecule has 1 aromatic heterocycles. The Morgan fingerprint density at radius 1 is 1.35 bits per heavy atom. The average molecular weight is 321 g/mol. The Morgan fingerprint density at radius 2 is 2.09 bits per heavy atom. The van der Waals surface area contributed by atoms with Gasteiger partial charge in [-0.25, -0.2) is 4.79 Å². The molecule has 1 amide bonds. The van der Waals surface area contributed by atoms with Crippen molar-refractivity contribution < 1.29 is 19.4 Å². The molecule has 0 aliphatic carbocycles. The SMILES string of the molecule is CC(C)(C)OC(=O)N1CCN(Cc2ccccn2)[C@@H](C(=O)O)C1. The van der Waals surface area contributed by atoms with Crippen LogP contribution in [0.2, 0.25) is 0 Å². The number of amides is 1. The van der Waals surface area contributed by atoms with Crippen LogP contribution in [0.15, 0.2) is 24.4 Å². The molecule has 2 heterocycles. The summed E-state index contributed by atoms with van der Waals surface area (Å²) in [4.78, 5) is 31.2. The minimum absolute atomic E-state index is 0.108. The molecule has 1 fully saturated rings. The van der Waals surface area contributed by atoms with Gasteiger partial charge in [-0.2, -0.15) is 0 Å². The van der Waals surface area contributed by atoms with Crippen LogP contribution in [0.1, 0.15) is 26.5 Å². The summed E-state index contributed by atoms with van der Waals surface area (Å²) in [5.74, 6) is -0.950. The van der Waals surface area contributed by atoms with E-state index in [0.717, 1.165) is 5.69 Å². The second kappa shape index (κ2) is 6.95. The van der Waals surface area contributed by atoms with E-state index in [4.69, 9.17) is 4.74 Å². The van der Waals surface area contributed by atoms with Crippen LogP contribution < -0.4 is 0 Å². The Bertz CT molecular complexity index is 556. The Hall–Kier alpha value is -2.15. The summed E-state index contributed by atoms with van der Waals surface area (Å²) < 4.78 is 5.32. The molecule has 2 rings (SSSR count). The van der Waals surface area contributed by atoms with Gasteiger partial charge in [0.2, 0.25) is 0 Å². The van der Waals surface area contributed by atoms with Crippen LogP contribution in [0.5, 0.6) is 0 Å². The van der Waals surface area contributed by atoms with Gasteiger partial charge in [0, 0.05) is 25.8 Å². The number of carbonyl (C=O) groups excluding carboxylic acids is 1. The van der Waals surface area contributed by atoms with E-state index < -0.39 is 23.7 Å². The number of carbonyl (C=O) groups is 2. The summed E-state index contributed by atoms with van der Waals surface area (Å²) in [6.45, 7) is 6.82. The first kappa shape index (κ1) is 17.2. The van der Waals surface area contributed by atoms with Crippen LogP contribution in [-0.4, -0.2) is 63.2 Å². The first-order valence-corrected chi connectivity index (χ1v) is 7.61. The van der Waals surface area contributed by atoms with E-state index in [1.165, 1.54) is 4.90 Å². The fraction of sp³-hybridized carbons (Fsp3) is 0.562. The van der Waals surface area contributed by atoms with E-state index >= 15 is 0 Å². The standard InChI is InChI=1S/C16H23N3O4/c1-16(2,3)23-15(22)19-9-8-18(13(11-19)14(20)21)10-12-6-4-5-7-17-12/h4-7,13H,8-11H2,1-3H3,(H,20,21)/t13-/m1/s1. The van der Waals surface area contributed by atoms with E-state index in [9.17, 15) is 14.7 Å². The van der Waals surface area contributed by atoms with Gasteiger partial charge in [-0.05, 0) is 32.9 Å². The van der Waals surface area contributed by atoms with Crippen molar-refractivity contribution in [2.24, 2.45) is 0 Å². The van der Waals surface area contributed by atoms with Gasteiger partial charge in [0.1, 0.15) is 11.6 Å². The van der Waals surface area contributed by atoms with E-state index in [0.29, 0.717) is 19.6 Å². The molecule has 7 nitrogen and oxygen atoms in total. The molecular weight excluding hydrogens is 298 g/mol. The lowest BCUT2D eigenvalue weighted by Crippen LogP contribution is -2.57. The average Bonchev–Trinajstić information content (AvgIpc) is 2.46. The van der Waals surface area contributed by atoms with Gasteiger partial charge in [-0.1, -0.05) is 6.07 Å². The molecule has 1 aliphatic heterocycles. The van der Waals surface area contributed by atoms with Crippen molar-refractivity contribution in [2.45, 2.75) is 39.0 Å². The molecule has 1 N–H and O–H groups in total. The first-order valence-electron chi connectivity index (χ1n) is 7.61. The van der Waals surface area contributed by atoms with Gasteiger partial charge < -0.3 is 14.7 Å². The summed E-state index contributed by atoms with van der Waals surface area (Å²) in [5.41, 5.74) is 0.213. The highest BCUT2D eigenvalue weighted by Gasteiger charge is 2.35. The molecule has 0 spiro atoms. The number of carboxylic acids is 1. The molecule has 0 radical (unpaired) electrons. The van der Waals surface area contributed by atoms with Crippen molar-refractivity contribution >= 4 is 12.1 Å². The number of nitrogens with zero attached hydrogens (tertiary/aromatic N) is 3. The summed E-state index contributed by atoms with van der Waals surface area (Å²) in [7, 11) is 0. The van der Waals surface area contributed by atoms with E-state index in [2.05, 4.69) is 4.98 Å². The van der Waals surface area contributed by atoms with Crippen LogP contribution >= 0.6 is 0 Å². The fourth-order valence-corrected chi connectivity index (χ4v) is 2.44. The molecule has 0 saturated carbocycles. The lowest BCUT2D eigenvalue weighted by Gasteiger charge is -2.39. The van der Waals surface area contributed by atoms with Crippen LogP contribution in [0.25, 0.3) is 0 Å². The molecule has 1 saturated heterocycles. The number of piperazine rings is 1. The maximum absolute atomic E-state index is 12.1. The number of aromatic nitrogens is 1. The number of aliphatic carboxylic acids is 1. The van der Waals surface area contributed by atoms with Crippen molar-refractivity contribution in [3.63, 3.8) is 0 Å². The van der Waals surface area contributed by atoms with E-state index in [1.807, 2.05) is 23.1 Å². The molecule has 0 unspecified atom stereocenters. The van der Waals surface area contributed by atoms with Gasteiger partial charge >= 0.3 is 12.1 Å². The molecule has 1 aliphatic rings. The quantitative estimate of drug-likeness (QED) is 0.910. The van der Waals surface area contributed by atoms with Crippen molar-refractivity contribution in [1.29, 1.82) is 0 Å². The summed E-state index contributed by atoms with van der Waals surface area (Å²) in [5, 5.41) is 9.48. The van der Waals surface area contributed by atoms with Crippen molar-refractivity contribution in [3.05, 3.63) is 30.1 Å². The number of ether oxygens (including phenoxy) is 1. The lowest BCUT2D eigenvalue weighted by atomic mass is 10.1. The van der Waals surface area contributed by atoms with E-state index in [-0.39, 0.29) is 6.54 Å². The third-order valence-electron chi connectivity index (χ3n) is 3.52. The smallest absolute Gasteiger partial charge is 0.410 e. The normalized spacial score (nSPS) is 19.4. The second-order valence-electron chi connectivity index (χ2n) is 6.57. The fourth-order valence-electron chi connectivity index (χ4n) is 2.44. The number of hydrogen-bond donors (Lipinski definition) is 1. The molecule has 23 heavy (non-hydrogen) atoms. The largest absolute Gasteiger partial charge is 0.480 e. The topological polar surface area (TPSA) is 83.0 Å². The van der Waals surface area contributed by atoms with Gasteiger partial charge in [0.25, 0.3) is 0 Å².